The summed E-state index contributed by atoms with van der Waals surface area (Å²) in [6, 6.07) is 7.69. The molecule has 126 valence electrons. The van der Waals surface area contributed by atoms with Crippen molar-refractivity contribution in [3.05, 3.63) is 35.4 Å². The second-order valence-corrected chi connectivity index (χ2v) is 7.27. The SMILES string of the molecule is CC(C)(C)c1ccc(C(=O)NCCC(=O)N2CCCCC2)cc1. The van der Waals surface area contributed by atoms with E-state index in [1.165, 1.54) is 12.0 Å². The van der Waals surface area contributed by atoms with Gasteiger partial charge in [0.2, 0.25) is 5.91 Å². The van der Waals surface area contributed by atoms with Crippen LogP contribution in [0.3, 0.4) is 0 Å². The molecular formula is C19H28N2O2. The van der Waals surface area contributed by atoms with E-state index in [2.05, 4.69) is 26.1 Å². The Bertz CT molecular complexity index is 537. The maximum Gasteiger partial charge on any atom is 0.251 e. The van der Waals surface area contributed by atoms with Crippen molar-refractivity contribution in [1.82, 2.24) is 10.2 Å². The first kappa shape index (κ1) is 17.5. The molecule has 1 fully saturated rings. The minimum absolute atomic E-state index is 0.0792. The standard InChI is InChI=1S/C19H28N2O2/c1-19(2,3)16-9-7-15(8-10-16)18(23)20-12-11-17(22)21-13-5-4-6-14-21/h7-10H,4-6,11-14H2,1-3H3,(H,20,23). The fourth-order valence-electron chi connectivity index (χ4n) is 2.81. The van der Waals surface area contributed by atoms with Gasteiger partial charge in [-0.2, -0.15) is 0 Å². The van der Waals surface area contributed by atoms with Gasteiger partial charge in [0.25, 0.3) is 5.91 Å². The molecule has 1 N–H and O–H groups in total. The molecule has 0 aromatic heterocycles. The molecule has 0 aliphatic carbocycles. The maximum absolute atomic E-state index is 12.1. The quantitative estimate of drug-likeness (QED) is 0.928. The molecular weight excluding hydrogens is 288 g/mol. The predicted octanol–water partition coefficient (Wildman–Crippen LogP) is 3.12. The molecule has 1 aromatic carbocycles. The first-order valence-electron chi connectivity index (χ1n) is 8.54. The second kappa shape index (κ2) is 7.62. The molecule has 0 bridgehead atoms. The van der Waals surface area contributed by atoms with Gasteiger partial charge in [0, 0.05) is 31.6 Å². The Kier molecular flexibility index (Phi) is 5.80. The Morgan fingerprint density at radius 3 is 2.22 bits per heavy atom. The van der Waals surface area contributed by atoms with Gasteiger partial charge in [-0.15, -0.1) is 0 Å². The van der Waals surface area contributed by atoms with E-state index in [9.17, 15) is 9.59 Å². The van der Waals surface area contributed by atoms with Crippen LogP contribution in [-0.2, 0) is 10.2 Å². The van der Waals surface area contributed by atoms with Gasteiger partial charge < -0.3 is 10.2 Å². The number of hydrogen-bond donors (Lipinski definition) is 1. The van der Waals surface area contributed by atoms with Gasteiger partial charge in [0.05, 0.1) is 0 Å². The van der Waals surface area contributed by atoms with Crippen molar-refractivity contribution < 1.29 is 9.59 Å². The Balaban J connectivity index is 1.79. The molecule has 0 unspecified atom stereocenters. The average Bonchev–Trinajstić information content (AvgIpc) is 2.54. The summed E-state index contributed by atoms with van der Waals surface area (Å²) < 4.78 is 0. The van der Waals surface area contributed by atoms with Crippen molar-refractivity contribution in [1.29, 1.82) is 0 Å². The number of likely N-dealkylation sites (tertiary alicyclic amines) is 1. The smallest absolute Gasteiger partial charge is 0.251 e. The summed E-state index contributed by atoms with van der Waals surface area (Å²) in [5.74, 6) is 0.0324. The number of hydrogen-bond acceptors (Lipinski definition) is 2. The highest BCUT2D eigenvalue weighted by Gasteiger charge is 2.17. The molecule has 4 heteroatoms. The molecule has 1 saturated heterocycles. The van der Waals surface area contributed by atoms with Gasteiger partial charge in [-0.25, -0.2) is 0 Å². The summed E-state index contributed by atoms with van der Waals surface area (Å²) in [4.78, 5) is 26.1. The summed E-state index contributed by atoms with van der Waals surface area (Å²) in [6.07, 6.45) is 3.79. The minimum Gasteiger partial charge on any atom is -0.352 e. The van der Waals surface area contributed by atoms with Gasteiger partial charge in [0.15, 0.2) is 0 Å². The van der Waals surface area contributed by atoms with E-state index in [0.29, 0.717) is 18.5 Å². The molecule has 2 rings (SSSR count). The van der Waals surface area contributed by atoms with E-state index >= 15 is 0 Å². The maximum atomic E-state index is 12.1. The van der Waals surface area contributed by atoms with Gasteiger partial charge in [-0.3, -0.25) is 9.59 Å². The van der Waals surface area contributed by atoms with Crippen LogP contribution in [0.1, 0.15) is 62.4 Å². The Morgan fingerprint density at radius 1 is 1.04 bits per heavy atom. The first-order valence-corrected chi connectivity index (χ1v) is 8.54. The molecule has 1 heterocycles. The number of rotatable bonds is 4. The molecule has 1 aromatic rings. The van der Waals surface area contributed by atoms with Crippen LogP contribution in [-0.4, -0.2) is 36.3 Å². The van der Waals surface area contributed by atoms with E-state index in [-0.39, 0.29) is 17.2 Å². The van der Waals surface area contributed by atoms with Crippen LogP contribution in [0.25, 0.3) is 0 Å². The van der Waals surface area contributed by atoms with Gasteiger partial charge >= 0.3 is 0 Å². The van der Waals surface area contributed by atoms with Gasteiger partial charge in [-0.1, -0.05) is 32.9 Å². The molecule has 0 saturated carbocycles. The molecule has 1 aliphatic rings. The summed E-state index contributed by atoms with van der Waals surface area (Å²) in [5, 5.41) is 2.84. The zero-order valence-corrected chi connectivity index (χ0v) is 14.5. The highest BCUT2D eigenvalue weighted by atomic mass is 16.2. The second-order valence-electron chi connectivity index (χ2n) is 7.27. The molecule has 1 aliphatic heterocycles. The van der Waals surface area contributed by atoms with Crippen molar-refractivity contribution in [3.63, 3.8) is 0 Å². The van der Waals surface area contributed by atoms with Gasteiger partial charge in [-0.05, 0) is 42.4 Å². The van der Waals surface area contributed by atoms with Crippen LogP contribution in [0.15, 0.2) is 24.3 Å². The van der Waals surface area contributed by atoms with Crippen LogP contribution in [0, 0.1) is 0 Å². The Labute approximate surface area is 139 Å². The summed E-state index contributed by atoms with van der Waals surface area (Å²) >= 11 is 0. The third kappa shape index (κ3) is 5.08. The molecule has 23 heavy (non-hydrogen) atoms. The van der Waals surface area contributed by atoms with Crippen molar-refractivity contribution in [3.8, 4) is 0 Å². The van der Waals surface area contributed by atoms with Crippen LogP contribution in [0.5, 0.6) is 0 Å². The molecule has 0 atom stereocenters. The fourth-order valence-corrected chi connectivity index (χ4v) is 2.81. The number of carbonyl (C=O) groups excluding carboxylic acids is 2. The van der Waals surface area contributed by atoms with Crippen molar-refractivity contribution in [2.45, 2.75) is 51.9 Å². The number of benzene rings is 1. The van der Waals surface area contributed by atoms with Gasteiger partial charge in [0.1, 0.15) is 0 Å². The monoisotopic (exact) mass is 316 g/mol. The first-order chi connectivity index (χ1) is 10.9. The molecule has 0 radical (unpaired) electrons. The number of nitrogens with zero attached hydrogens (tertiary/aromatic N) is 1. The Morgan fingerprint density at radius 2 is 1.65 bits per heavy atom. The lowest BCUT2D eigenvalue weighted by Gasteiger charge is -2.26. The third-order valence-corrected chi connectivity index (χ3v) is 4.35. The van der Waals surface area contributed by atoms with E-state index in [4.69, 9.17) is 0 Å². The highest BCUT2D eigenvalue weighted by Crippen LogP contribution is 2.22. The summed E-state index contributed by atoms with van der Waals surface area (Å²) in [7, 11) is 0. The summed E-state index contributed by atoms with van der Waals surface area (Å²) in [6.45, 7) is 8.56. The highest BCUT2D eigenvalue weighted by molar-refractivity contribution is 5.94. The van der Waals surface area contributed by atoms with Crippen molar-refractivity contribution >= 4 is 11.8 Å². The predicted molar refractivity (Wildman–Crippen MR) is 92.5 cm³/mol. The lowest BCUT2D eigenvalue weighted by molar-refractivity contribution is -0.131. The lowest BCUT2D eigenvalue weighted by atomic mass is 9.87. The van der Waals surface area contributed by atoms with E-state index < -0.39 is 0 Å². The lowest BCUT2D eigenvalue weighted by Crippen LogP contribution is -2.37. The topological polar surface area (TPSA) is 49.4 Å². The number of nitrogens with one attached hydrogen (secondary N) is 1. The van der Waals surface area contributed by atoms with E-state index in [1.54, 1.807) is 0 Å². The van der Waals surface area contributed by atoms with Crippen LogP contribution >= 0.6 is 0 Å². The molecule has 2 amide bonds. The Hall–Kier alpha value is -1.84. The average molecular weight is 316 g/mol. The van der Waals surface area contributed by atoms with Crippen LogP contribution in [0.4, 0.5) is 0 Å². The van der Waals surface area contributed by atoms with Crippen molar-refractivity contribution in [2.75, 3.05) is 19.6 Å². The minimum atomic E-state index is -0.114. The molecule has 0 spiro atoms. The number of carbonyl (C=O) groups is 2. The third-order valence-electron chi connectivity index (χ3n) is 4.35. The van der Waals surface area contributed by atoms with E-state index in [1.807, 2.05) is 29.2 Å². The number of piperidine rings is 1. The summed E-state index contributed by atoms with van der Waals surface area (Å²) in [5.41, 5.74) is 1.92. The van der Waals surface area contributed by atoms with Crippen LogP contribution < -0.4 is 5.32 Å². The van der Waals surface area contributed by atoms with E-state index in [0.717, 1.165) is 25.9 Å². The largest absolute Gasteiger partial charge is 0.352 e. The van der Waals surface area contributed by atoms with Crippen LogP contribution in [0.2, 0.25) is 0 Å². The fraction of sp³-hybridized carbons (Fsp3) is 0.579. The zero-order chi connectivity index (χ0) is 16.9. The molecule has 4 nitrogen and oxygen atoms in total. The zero-order valence-electron chi connectivity index (χ0n) is 14.5. The normalized spacial score (nSPS) is 15.3. The van der Waals surface area contributed by atoms with Crippen molar-refractivity contribution in [2.24, 2.45) is 0 Å². The number of amides is 2.